The van der Waals surface area contributed by atoms with E-state index in [1.165, 1.54) is 32.1 Å². The molecule has 2 aliphatic rings. The van der Waals surface area contributed by atoms with E-state index in [-0.39, 0.29) is 11.7 Å². The second-order valence-corrected chi connectivity index (χ2v) is 9.21. The summed E-state index contributed by atoms with van der Waals surface area (Å²) in [4.78, 5) is 17.6. The van der Waals surface area contributed by atoms with Crippen LogP contribution in [0.25, 0.3) is 0 Å². The number of ether oxygens (including phenoxy) is 1. The van der Waals surface area contributed by atoms with E-state index in [1.54, 1.807) is 12.3 Å². The maximum Gasteiger partial charge on any atom is 0.410 e. The minimum atomic E-state index is -0.376. The largest absolute Gasteiger partial charge is 0.444 e. The number of aryl methyl sites for hydroxylation is 1. The van der Waals surface area contributed by atoms with Crippen molar-refractivity contribution in [3.05, 3.63) is 29.6 Å². The van der Waals surface area contributed by atoms with Crippen LogP contribution < -0.4 is 0 Å². The second kappa shape index (κ2) is 12.5. The van der Waals surface area contributed by atoms with E-state index < -0.39 is 0 Å². The number of nitrogens with zero attached hydrogens (tertiary/aromatic N) is 3. The van der Waals surface area contributed by atoms with Gasteiger partial charge >= 0.3 is 6.09 Å². The van der Waals surface area contributed by atoms with Crippen molar-refractivity contribution in [3.63, 3.8) is 0 Å². The molecule has 0 spiro atoms. The number of pyridine rings is 1. The monoisotopic (exact) mass is 401 g/mol. The lowest BCUT2D eigenvalue weighted by atomic mass is 10.0. The van der Waals surface area contributed by atoms with Gasteiger partial charge in [0.1, 0.15) is 11.7 Å². The van der Waals surface area contributed by atoms with Gasteiger partial charge < -0.3 is 9.64 Å². The summed E-state index contributed by atoms with van der Waals surface area (Å²) in [7, 11) is 0. The zero-order valence-electron chi connectivity index (χ0n) is 19.2. The molecule has 1 saturated heterocycles. The molecule has 0 radical (unpaired) electrons. The second-order valence-electron chi connectivity index (χ2n) is 9.21. The van der Waals surface area contributed by atoms with E-state index in [0.717, 1.165) is 31.1 Å². The van der Waals surface area contributed by atoms with Crippen LogP contribution in [0.1, 0.15) is 84.4 Å². The Kier molecular flexibility index (Phi) is 10.7. The predicted octanol–water partition coefficient (Wildman–Crippen LogP) is 6.11. The summed E-state index contributed by atoms with van der Waals surface area (Å²) >= 11 is 0. The molecule has 0 bridgehead atoms. The molecule has 1 aromatic heterocycles. The fourth-order valence-corrected chi connectivity index (χ4v) is 2.75. The molecule has 0 N–H and O–H groups in total. The highest BCUT2D eigenvalue weighted by Crippen LogP contribution is 2.26. The van der Waals surface area contributed by atoms with E-state index in [4.69, 9.17) is 10.00 Å². The lowest BCUT2D eigenvalue weighted by Gasteiger charge is -2.24. The van der Waals surface area contributed by atoms with E-state index in [9.17, 15) is 4.79 Å². The van der Waals surface area contributed by atoms with Gasteiger partial charge in [-0.2, -0.15) is 5.26 Å². The zero-order valence-corrected chi connectivity index (χ0v) is 19.2. The molecule has 3 rings (SSSR count). The molecule has 0 unspecified atom stereocenters. The Bertz CT molecular complexity index is 640. The van der Waals surface area contributed by atoms with E-state index in [1.807, 2.05) is 44.7 Å². The molecule has 0 aromatic carbocycles. The van der Waals surface area contributed by atoms with Crippen LogP contribution in [-0.2, 0) is 4.74 Å². The SMILES string of the molecule is CC1CC1.CCCC[C@@H]1CCN(C(=O)OC(C)(C)C)C1.Cc1ccc(C#N)cn1. The summed E-state index contributed by atoms with van der Waals surface area (Å²) in [5.74, 6) is 1.77. The molecule has 1 aliphatic carbocycles. The first-order valence-electron chi connectivity index (χ1n) is 10.9. The van der Waals surface area contributed by atoms with Crippen molar-refractivity contribution >= 4 is 6.09 Å². The minimum Gasteiger partial charge on any atom is -0.444 e. The predicted molar refractivity (Wildman–Crippen MR) is 118 cm³/mol. The van der Waals surface area contributed by atoms with Crippen molar-refractivity contribution in [1.29, 1.82) is 5.26 Å². The summed E-state index contributed by atoms with van der Waals surface area (Å²) in [6.07, 6.45) is 9.28. The van der Waals surface area contributed by atoms with Gasteiger partial charge in [0.2, 0.25) is 0 Å². The first kappa shape index (κ1) is 24.9. The molecule has 2 heterocycles. The number of unbranched alkanes of at least 4 members (excludes halogenated alkanes) is 1. The Labute approximate surface area is 177 Å². The van der Waals surface area contributed by atoms with E-state index in [0.29, 0.717) is 11.5 Å². The third-order valence-corrected chi connectivity index (χ3v) is 4.81. The average Bonchev–Trinajstić information content (AvgIpc) is 3.29. The fourth-order valence-electron chi connectivity index (χ4n) is 2.75. The highest BCUT2D eigenvalue weighted by molar-refractivity contribution is 5.68. The zero-order chi connectivity index (χ0) is 21.9. The number of carbonyl (C=O) groups excluding carboxylic acids is 1. The van der Waals surface area contributed by atoms with Crippen LogP contribution in [0.3, 0.4) is 0 Å². The van der Waals surface area contributed by atoms with E-state index >= 15 is 0 Å². The molecule has 1 aromatic rings. The fraction of sp³-hybridized carbons (Fsp3) is 0.708. The molecule has 5 heteroatoms. The van der Waals surface area contributed by atoms with Crippen molar-refractivity contribution in [3.8, 4) is 6.07 Å². The summed E-state index contributed by atoms with van der Waals surface area (Å²) in [5.41, 5.74) is 1.17. The number of aromatic nitrogens is 1. The van der Waals surface area contributed by atoms with Gasteiger partial charge in [-0.1, -0.05) is 39.5 Å². The smallest absolute Gasteiger partial charge is 0.410 e. The average molecular weight is 402 g/mol. The van der Waals surface area contributed by atoms with Crippen LogP contribution in [0.2, 0.25) is 0 Å². The molecular weight excluding hydrogens is 362 g/mol. The van der Waals surface area contributed by atoms with Crippen molar-refractivity contribution in [2.75, 3.05) is 13.1 Å². The molecule has 1 aliphatic heterocycles. The van der Waals surface area contributed by atoms with Crippen LogP contribution in [0.15, 0.2) is 18.3 Å². The maximum absolute atomic E-state index is 11.8. The van der Waals surface area contributed by atoms with Crippen molar-refractivity contribution < 1.29 is 9.53 Å². The van der Waals surface area contributed by atoms with Crippen LogP contribution in [0, 0.1) is 30.1 Å². The normalized spacial score (nSPS) is 18.0. The summed E-state index contributed by atoms with van der Waals surface area (Å²) in [5, 5.41) is 8.34. The van der Waals surface area contributed by atoms with Gasteiger partial charge in [-0.05, 0) is 64.5 Å². The number of carbonyl (C=O) groups is 1. The Balaban J connectivity index is 0.000000267. The highest BCUT2D eigenvalue weighted by atomic mass is 16.6. The van der Waals surface area contributed by atoms with Gasteiger partial charge in [0.05, 0.1) is 5.56 Å². The maximum atomic E-state index is 11.8. The van der Waals surface area contributed by atoms with Crippen molar-refractivity contribution in [1.82, 2.24) is 9.88 Å². The third kappa shape index (κ3) is 12.2. The summed E-state index contributed by atoms with van der Waals surface area (Å²) < 4.78 is 5.36. The number of rotatable bonds is 3. The molecule has 5 nitrogen and oxygen atoms in total. The van der Waals surface area contributed by atoms with Gasteiger partial charge in [0.25, 0.3) is 0 Å². The molecule has 2 fully saturated rings. The van der Waals surface area contributed by atoms with Crippen LogP contribution >= 0.6 is 0 Å². The van der Waals surface area contributed by atoms with Gasteiger partial charge in [-0.25, -0.2) is 4.79 Å². The third-order valence-electron chi connectivity index (χ3n) is 4.81. The quantitative estimate of drug-likeness (QED) is 0.612. The number of nitriles is 1. The van der Waals surface area contributed by atoms with E-state index in [2.05, 4.69) is 18.8 Å². The van der Waals surface area contributed by atoms with Crippen LogP contribution in [0.4, 0.5) is 4.79 Å². The molecule has 29 heavy (non-hydrogen) atoms. The van der Waals surface area contributed by atoms with Crippen molar-refractivity contribution in [2.45, 2.75) is 85.7 Å². The molecule has 1 saturated carbocycles. The Morgan fingerprint density at radius 2 is 1.97 bits per heavy atom. The van der Waals surface area contributed by atoms with Crippen LogP contribution in [-0.4, -0.2) is 34.7 Å². The standard InChI is InChI=1S/C13H25NO2.C7H6N2.C4H8/c1-5-6-7-11-8-9-14(10-11)12(15)16-13(2,3)4;1-6-2-3-7(4-8)5-9-6;1-4-2-3-4/h11H,5-10H2,1-4H3;2-3,5H,1H3;4H,2-3H2,1H3/t11-;;/m1../s1. The lowest BCUT2D eigenvalue weighted by Crippen LogP contribution is -2.35. The molecular formula is C24H39N3O2. The highest BCUT2D eigenvalue weighted by Gasteiger charge is 2.29. The van der Waals surface area contributed by atoms with Gasteiger partial charge in [0.15, 0.2) is 0 Å². The van der Waals surface area contributed by atoms with Crippen molar-refractivity contribution in [2.24, 2.45) is 11.8 Å². The Hall–Kier alpha value is -2.09. The first-order chi connectivity index (χ1) is 13.6. The van der Waals surface area contributed by atoms with Gasteiger partial charge in [-0.15, -0.1) is 0 Å². The molecule has 162 valence electrons. The number of hydrogen-bond acceptors (Lipinski definition) is 4. The Morgan fingerprint density at radius 1 is 1.31 bits per heavy atom. The number of amides is 1. The number of hydrogen-bond donors (Lipinski definition) is 0. The topological polar surface area (TPSA) is 66.2 Å². The van der Waals surface area contributed by atoms with Gasteiger partial charge in [0, 0.05) is 25.0 Å². The lowest BCUT2D eigenvalue weighted by molar-refractivity contribution is 0.0287. The molecule has 1 atom stereocenters. The Morgan fingerprint density at radius 3 is 2.41 bits per heavy atom. The summed E-state index contributed by atoms with van der Waals surface area (Å²) in [6.45, 7) is 13.9. The minimum absolute atomic E-state index is 0.147. The van der Waals surface area contributed by atoms with Crippen LogP contribution in [0.5, 0.6) is 0 Å². The molecule has 1 amide bonds. The number of likely N-dealkylation sites (tertiary alicyclic amines) is 1. The first-order valence-corrected chi connectivity index (χ1v) is 10.9. The van der Waals surface area contributed by atoms with Gasteiger partial charge in [-0.3, -0.25) is 4.98 Å². The summed E-state index contributed by atoms with van der Waals surface area (Å²) in [6, 6.07) is 5.56.